The fraction of sp³-hybridized carbons (Fsp3) is 1.00. The molecule has 0 spiro atoms. The Morgan fingerprint density at radius 2 is 1.35 bits per heavy atom. The highest BCUT2D eigenvalue weighted by Gasteiger charge is 2.38. The average Bonchev–Trinajstić information content (AvgIpc) is 2.79. The maximum absolute atomic E-state index is 9.85. The van der Waals surface area contributed by atoms with E-state index in [1.54, 1.807) is 14.2 Å². The topological polar surface area (TPSA) is 77.4 Å². The average molecular weight is 537 g/mol. The Kier molecular flexibility index (Phi) is 25.2. The first-order valence-corrected chi connectivity index (χ1v) is 14.5. The van der Waals surface area contributed by atoms with Gasteiger partial charge in [-0.05, 0) is 55.8 Å². The second-order valence-electron chi connectivity index (χ2n) is 12.5. The molecule has 1 saturated heterocycles. The summed E-state index contributed by atoms with van der Waals surface area (Å²) >= 11 is 0. The number of aliphatic hydroxyl groups is 2. The first-order chi connectivity index (χ1) is 17.1. The molecule has 0 aliphatic carbocycles. The Bertz CT molecular complexity index is 486. The van der Waals surface area contributed by atoms with Crippen molar-refractivity contribution in [1.29, 1.82) is 0 Å². The summed E-state index contributed by atoms with van der Waals surface area (Å²) in [4.78, 5) is 0. The van der Waals surface area contributed by atoms with Gasteiger partial charge in [0.15, 0.2) is 0 Å². The predicted octanol–water partition coefficient (Wildman–Crippen LogP) is 7.28. The number of methoxy groups -OCH3 is 2. The van der Waals surface area contributed by atoms with E-state index in [0.29, 0.717) is 18.6 Å². The molecule has 37 heavy (non-hydrogen) atoms. The molecule has 1 heterocycles. The van der Waals surface area contributed by atoms with E-state index in [1.807, 2.05) is 13.8 Å². The minimum Gasteiger partial charge on any atom is -0.400 e. The predicted molar refractivity (Wildman–Crippen MR) is 158 cm³/mol. The Morgan fingerprint density at radius 1 is 0.865 bits per heavy atom. The molecule has 6 heteroatoms. The van der Waals surface area contributed by atoms with E-state index in [2.05, 4.69) is 67.1 Å². The summed E-state index contributed by atoms with van der Waals surface area (Å²) in [7, 11) is 4.40. The summed E-state index contributed by atoms with van der Waals surface area (Å²) in [5.74, 6) is 0. The highest BCUT2D eigenvalue weighted by atomic mass is 16.6. The standard InChI is InChI=1S/C19H38O4.C8H18.C3H8O.CH4O/c1-8-9-18(3,4)11-17(19(5,6)10-14(2)20)23-13-16-15(21-7)12-22-16;1-5-7-8(3,4)6-2;1-3-4-2;1-2/h14-17,20H,8-13H2,1-7H3;5-7H2,1-4H3;3H2,1-2H3;2H,1H3. The van der Waals surface area contributed by atoms with Crippen molar-refractivity contribution in [3.8, 4) is 0 Å². The minimum absolute atomic E-state index is 0.0409. The largest absolute Gasteiger partial charge is 0.400 e. The zero-order valence-corrected chi connectivity index (χ0v) is 27.4. The second-order valence-corrected chi connectivity index (χ2v) is 12.5. The van der Waals surface area contributed by atoms with Crippen LogP contribution < -0.4 is 0 Å². The third-order valence-electron chi connectivity index (χ3n) is 7.18. The van der Waals surface area contributed by atoms with Gasteiger partial charge in [0.25, 0.3) is 0 Å². The molecule has 6 nitrogen and oxygen atoms in total. The fourth-order valence-electron chi connectivity index (χ4n) is 4.49. The quantitative estimate of drug-likeness (QED) is 0.229. The zero-order chi connectivity index (χ0) is 29.7. The van der Waals surface area contributed by atoms with Crippen molar-refractivity contribution in [3.05, 3.63) is 0 Å². The molecule has 1 rings (SSSR count). The molecule has 4 unspecified atom stereocenters. The van der Waals surface area contributed by atoms with Gasteiger partial charge in [-0.2, -0.15) is 0 Å². The number of hydrogen-bond donors (Lipinski definition) is 2. The number of hydrogen-bond acceptors (Lipinski definition) is 6. The Labute approximate surface area is 232 Å². The normalized spacial score (nSPS) is 19.1. The van der Waals surface area contributed by atoms with Gasteiger partial charge >= 0.3 is 0 Å². The Balaban J connectivity index is -0.000000681. The number of rotatable bonds is 15. The van der Waals surface area contributed by atoms with Crippen molar-refractivity contribution < 1.29 is 29.2 Å². The van der Waals surface area contributed by atoms with Crippen LogP contribution in [0.25, 0.3) is 0 Å². The second kappa shape index (κ2) is 22.6. The van der Waals surface area contributed by atoms with Crippen molar-refractivity contribution in [2.24, 2.45) is 16.2 Å². The summed E-state index contributed by atoms with van der Waals surface area (Å²) in [5, 5.41) is 16.9. The maximum atomic E-state index is 9.85. The first kappa shape index (κ1) is 41.2. The summed E-state index contributed by atoms with van der Waals surface area (Å²) in [6.07, 6.45) is 8.04. The maximum Gasteiger partial charge on any atom is 0.109 e. The van der Waals surface area contributed by atoms with Crippen LogP contribution >= 0.6 is 0 Å². The van der Waals surface area contributed by atoms with Gasteiger partial charge in [-0.15, -0.1) is 0 Å². The van der Waals surface area contributed by atoms with Crippen LogP contribution in [0.1, 0.15) is 121 Å². The van der Waals surface area contributed by atoms with E-state index in [0.717, 1.165) is 26.6 Å². The van der Waals surface area contributed by atoms with Gasteiger partial charge in [-0.25, -0.2) is 0 Å². The third kappa shape index (κ3) is 21.3. The molecule has 0 radical (unpaired) electrons. The van der Waals surface area contributed by atoms with Crippen LogP contribution in [0.3, 0.4) is 0 Å². The summed E-state index contributed by atoms with van der Waals surface area (Å²) < 4.78 is 21.8. The van der Waals surface area contributed by atoms with E-state index < -0.39 is 0 Å². The Morgan fingerprint density at radius 3 is 1.65 bits per heavy atom. The molecule has 228 valence electrons. The lowest BCUT2D eigenvalue weighted by atomic mass is 9.72. The first-order valence-electron chi connectivity index (χ1n) is 14.5. The van der Waals surface area contributed by atoms with Gasteiger partial charge in [-0.3, -0.25) is 0 Å². The Hall–Kier alpha value is -0.240. The van der Waals surface area contributed by atoms with Crippen molar-refractivity contribution in [1.82, 2.24) is 0 Å². The highest BCUT2D eigenvalue weighted by Crippen LogP contribution is 2.39. The molecule has 0 aromatic carbocycles. The van der Waals surface area contributed by atoms with E-state index in [9.17, 15) is 5.11 Å². The van der Waals surface area contributed by atoms with E-state index in [4.69, 9.17) is 19.3 Å². The minimum atomic E-state index is -0.322. The van der Waals surface area contributed by atoms with Crippen LogP contribution in [0.15, 0.2) is 0 Å². The zero-order valence-electron chi connectivity index (χ0n) is 27.4. The molecular formula is C31H68O6. The monoisotopic (exact) mass is 537 g/mol. The van der Waals surface area contributed by atoms with Gasteiger partial charge in [0.2, 0.25) is 0 Å². The SMILES string of the molecule is CCCC(C)(C)CC.CCCC(C)(C)CC(OCC1OCC1OC)C(C)(C)CC(C)O.CCOC.CO. The molecule has 1 aliphatic heterocycles. The van der Waals surface area contributed by atoms with Gasteiger partial charge in [0.05, 0.1) is 25.4 Å². The van der Waals surface area contributed by atoms with Gasteiger partial charge < -0.3 is 29.2 Å². The summed E-state index contributed by atoms with van der Waals surface area (Å²) in [5.41, 5.74) is 0.747. The van der Waals surface area contributed by atoms with Gasteiger partial charge in [0, 0.05) is 27.9 Å². The number of ether oxygens (including phenoxy) is 4. The van der Waals surface area contributed by atoms with Crippen molar-refractivity contribution in [3.63, 3.8) is 0 Å². The third-order valence-corrected chi connectivity index (χ3v) is 7.18. The molecule has 0 saturated carbocycles. The molecule has 1 fully saturated rings. The van der Waals surface area contributed by atoms with Crippen molar-refractivity contribution in [2.45, 2.75) is 146 Å². The fourth-order valence-corrected chi connectivity index (χ4v) is 4.49. The lowest BCUT2D eigenvalue weighted by molar-refractivity contribution is -0.210. The van der Waals surface area contributed by atoms with Gasteiger partial charge in [0.1, 0.15) is 12.2 Å². The van der Waals surface area contributed by atoms with Crippen molar-refractivity contribution in [2.75, 3.05) is 41.2 Å². The van der Waals surface area contributed by atoms with Crippen LogP contribution in [0, 0.1) is 16.2 Å². The van der Waals surface area contributed by atoms with Crippen LogP contribution in [0.4, 0.5) is 0 Å². The van der Waals surface area contributed by atoms with E-state index >= 15 is 0 Å². The van der Waals surface area contributed by atoms with E-state index in [-0.39, 0.29) is 35.2 Å². The smallest absolute Gasteiger partial charge is 0.109 e. The number of aliphatic hydroxyl groups excluding tert-OH is 2. The van der Waals surface area contributed by atoms with Crippen LogP contribution in [0.2, 0.25) is 0 Å². The molecular weight excluding hydrogens is 468 g/mol. The molecule has 4 atom stereocenters. The molecule has 1 aliphatic rings. The molecule has 0 aromatic heterocycles. The molecule has 0 aromatic rings. The molecule has 0 amide bonds. The summed E-state index contributed by atoms with van der Waals surface area (Å²) in [6, 6.07) is 0. The lowest BCUT2D eigenvalue weighted by Gasteiger charge is -2.42. The van der Waals surface area contributed by atoms with Crippen LogP contribution in [-0.2, 0) is 18.9 Å². The highest BCUT2D eigenvalue weighted by molar-refractivity contribution is 4.87. The molecule has 0 bridgehead atoms. The van der Waals surface area contributed by atoms with Gasteiger partial charge in [-0.1, -0.05) is 81.6 Å². The summed E-state index contributed by atoms with van der Waals surface area (Å²) in [6.45, 7) is 26.3. The lowest BCUT2D eigenvalue weighted by Crippen LogP contribution is -2.50. The van der Waals surface area contributed by atoms with E-state index in [1.165, 1.54) is 32.1 Å². The van der Waals surface area contributed by atoms with Crippen LogP contribution in [-0.4, -0.2) is 75.8 Å². The van der Waals surface area contributed by atoms with Crippen LogP contribution in [0.5, 0.6) is 0 Å². The van der Waals surface area contributed by atoms with Crippen molar-refractivity contribution >= 4 is 0 Å². The molecule has 2 N–H and O–H groups in total.